The van der Waals surface area contributed by atoms with E-state index in [1.165, 1.54) is 0 Å². The number of pyridine rings is 1. The van der Waals surface area contributed by atoms with Crippen LogP contribution in [0.15, 0.2) is 34.9 Å². The average Bonchev–Trinajstić information content (AvgIpc) is 2.82. The van der Waals surface area contributed by atoms with Crippen molar-refractivity contribution in [2.75, 3.05) is 0 Å². The third kappa shape index (κ3) is 1.77. The van der Waals surface area contributed by atoms with Gasteiger partial charge in [-0.1, -0.05) is 12.2 Å². The minimum absolute atomic E-state index is 0.207. The Bertz CT molecular complexity index is 584. The van der Waals surface area contributed by atoms with Crippen molar-refractivity contribution in [1.29, 1.82) is 0 Å². The van der Waals surface area contributed by atoms with Crippen LogP contribution in [0.4, 0.5) is 0 Å². The molecule has 2 aromatic rings. The molecule has 5 nitrogen and oxygen atoms in total. The first kappa shape index (κ1) is 11.0. The van der Waals surface area contributed by atoms with Gasteiger partial charge >= 0.3 is 5.97 Å². The Balaban J connectivity index is 2.02. The van der Waals surface area contributed by atoms with Crippen LogP contribution in [0.25, 0.3) is 11.2 Å². The number of allylic oxidation sites excluding steroid dienone is 2. The first-order chi connectivity index (χ1) is 8.75. The number of rotatable bonds is 2. The fourth-order valence-electron chi connectivity index (χ4n) is 2.30. The Hall–Kier alpha value is -2.17. The molecule has 0 aromatic carbocycles. The van der Waals surface area contributed by atoms with Gasteiger partial charge in [0.25, 0.3) is 0 Å². The van der Waals surface area contributed by atoms with Crippen LogP contribution in [0, 0.1) is 5.92 Å². The summed E-state index contributed by atoms with van der Waals surface area (Å²) in [6, 6.07) is 3.56. The van der Waals surface area contributed by atoms with Crippen molar-refractivity contribution < 1.29 is 14.3 Å². The second kappa shape index (κ2) is 4.25. The number of oxazole rings is 1. The van der Waals surface area contributed by atoms with Gasteiger partial charge in [0, 0.05) is 6.20 Å². The van der Waals surface area contributed by atoms with Crippen LogP contribution < -0.4 is 0 Å². The van der Waals surface area contributed by atoms with Crippen LogP contribution in [0.3, 0.4) is 0 Å². The van der Waals surface area contributed by atoms with Gasteiger partial charge in [-0.2, -0.15) is 4.98 Å². The van der Waals surface area contributed by atoms with Gasteiger partial charge in [0.15, 0.2) is 11.2 Å². The van der Waals surface area contributed by atoms with Gasteiger partial charge in [0.2, 0.25) is 5.89 Å². The largest absolute Gasteiger partial charge is 0.481 e. The molecule has 2 aromatic heterocycles. The molecule has 0 bridgehead atoms. The normalized spacial score (nSPS) is 23.3. The summed E-state index contributed by atoms with van der Waals surface area (Å²) in [5.41, 5.74) is 1.14. The number of aliphatic carboxylic acids is 1. The third-order valence-corrected chi connectivity index (χ3v) is 3.25. The Kier molecular flexibility index (Phi) is 2.59. The van der Waals surface area contributed by atoms with Crippen LogP contribution in [-0.4, -0.2) is 21.0 Å². The summed E-state index contributed by atoms with van der Waals surface area (Å²) in [7, 11) is 0. The van der Waals surface area contributed by atoms with Crippen molar-refractivity contribution in [3.05, 3.63) is 36.4 Å². The Morgan fingerprint density at radius 3 is 3.00 bits per heavy atom. The minimum Gasteiger partial charge on any atom is -0.481 e. The number of nitrogens with zero attached hydrogens (tertiary/aromatic N) is 2. The van der Waals surface area contributed by atoms with E-state index < -0.39 is 11.9 Å². The van der Waals surface area contributed by atoms with Gasteiger partial charge in [-0.25, -0.2) is 4.98 Å². The maximum Gasteiger partial charge on any atom is 0.307 e. The number of hydrogen-bond acceptors (Lipinski definition) is 4. The Labute approximate surface area is 103 Å². The zero-order valence-corrected chi connectivity index (χ0v) is 9.61. The summed E-state index contributed by atoms with van der Waals surface area (Å²) in [6.07, 6.45) is 6.68. The van der Waals surface area contributed by atoms with Crippen LogP contribution in [0.2, 0.25) is 0 Å². The molecule has 0 aliphatic heterocycles. The molecular formula is C13H12N2O3. The average molecular weight is 244 g/mol. The quantitative estimate of drug-likeness (QED) is 0.820. The second-order valence-electron chi connectivity index (χ2n) is 4.37. The highest BCUT2D eigenvalue weighted by Gasteiger charge is 2.33. The van der Waals surface area contributed by atoms with E-state index in [9.17, 15) is 9.90 Å². The molecule has 1 aliphatic rings. The first-order valence-corrected chi connectivity index (χ1v) is 5.85. The van der Waals surface area contributed by atoms with Gasteiger partial charge in [-0.3, -0.25) is 4.79 Å². The molecule has 0 radical (unpaired) electrons. The highest BCUT2D eigenvalue weighted by atomic mass is 16.4. The maximum absolute atomic E-state index is 11.2. The molecule has 0 saturated heterocycles. The molecule has 0 unspecified atom stereocenters. The van der Waals surface area contributed by atoms with Gasteiger partial charge in [0.05, 0.1) is 11.8 Å². The second-order valence-corrected chi connectivity index (χ2v) is 4.37. The molecule has 0 amide bonds. The fraction of sp³-hybridized carbons (Fsp3) is 0.308. The van der Waals surface area contributed by atoms with Crippen molar-refractivity contribution in [2.45, 2.75) is 18.8 Å². The van der Waals surface area contributed by atoms with E-state index in [0.29, 0.717) is 30.0 Å². The maximum atomic E-state index is 11.2. The summed E-state index contributed by atoms with van der Waals surface area (Å²) < 4.78 is 5.62. The standard InChI is InChI=1S/C13H12N2O3/c16-13(17)9-5-2-1-4-8(9)12-15-11-10(18-12)6-3-7-14-11/h1-3,6-9H,4-5H2,(H,16,17)/t8-,9+/m1/s1. The van der Waals surface area contributed by atoms with Crippen LogP contribution in [0.5, 0.6) is 0 Å². The predicted molar refractivity (Wildman–Crippen MR) is 64.0 cm³/mol. The van der Waals surface area contributed by atoms with Gasteiger partial charge < -0.3 is 9.52 Å². The van der Waals surface area contributed by atoms with Crippen LogP contribution >= 0.6 is 0 Å². The molecule has 1 N–H and O–H groups in total. The summed E-state index contributed by atoms with van der Waals surface area (Å²) in [6.45, 7) is 0. The zero-order valence-electron chi connectivity index (χ0n) is 9.61. The SMILES string of the molecule is O=C(O)[C@H]1CC=CC[C@H]1c1nc2ncccc2o1. The molecule has 1 aliphatic carbocycles. The lowest BCUT2D eigenvalue weighted by Crippen LogP contribution is -2.23. The van der Waals surface area contributed by atoms with E-state index >= 15 is 0 Å². The number of aromatic nitrogens is 2. The highest BCUT2D eigenvalue weighted by Crippen LogP contribution is 2.35. The van der Waals surface area contributed by atoms with Crippen molar-refractivity contribution in [2.24, 2.45) is 5.92 Å². The lowest BCUT2D eigenvalue weighted by molar-refractivity contribution is -0.142. The molecule has 18 heavy (non-hydrogen) atoms. The monoisotopic (exact) mass is 244 g/mol. The molecule has 5 heteroatoms. The van der Waals surface area contributed by atoms with E-state index in [1.807, 2.05) is 12.2 Å². The van der Waals surface area contributed by atoms with Gasteiger partial charge in [0.1, 0.15) is 0 Å². The van der Waals surface area contributed by atoms with Crippen molar-refractivity contribution >= 4 is 17.2 Å². The first-order valence-electron chi connectivity index (χ1n) is 5.85. The molecule has 3 rings (SSSR count). The molecule has 2 heterocycles. The van der Waals surface area contributed by atoms with Crippen molar-refractivity contribution in [1.82, 2.24) is 9.97 Å². The van der Waals surface area contributed by atoms with Crippen molar-refractivity contribution in [3.63, 3.8) is 0 Å². The third-order valence-electron chi connectivity index (χ3n) is 3.25. The lowest BCUT2D eigenvalue weighted by Gasteiger charge is -2.21. The molecule has 2 atom stereocenters. The van der Waals surface area contributed by atoms with E-state index in [4.69, 9.17) is 4.42 Å². The van der Waals surface area contributed by atoms with Gasteiger partial charge in [-0.15, -0.1) is 0 Å². The smallest absolute Gasteiger partial charge is 0.307 e. The predicted octanol–water partition coefficient (Wildman–Crippen LogP) is 2.36. The lowest BCUT2D eigenvalue weighted by atomic mass is 9.83. The summed E-state index contributed by atoms with van der Waals surface area (Å²) in [5.74, 6) is -1.01. The molecule has 0 saturated carbocycles. The topological polar surface area (TPSA) is 76.2 Å². The van der Waals surface area contributed by atoms with Crippen LogP contribution in [-0.2, 0) is 4.79 Å². The van der Waals surface area contributed by atoms with E-state index in [2.05, 4.69) is 9.97 Å². The summed E-state index contributed by atoms with van der Waals surface area (Å²) in [4.78, 5) is 19.6. The highest BCUT2D eigenvalue weighted by molar-refractivity contribution is 5.72. The number of hydrogen-bond donors (Lipinski definition) is 1. The zero-order chi connectivity index (χ0) is 12.5. The Morgan fingerprint density at radius 2 is 2.22 bits per heavy atom. The van der Waals surface area contributed by atoms with Crippen molar-refractivity contribution in [3.8, 4) is 0 Å². The summed E-state index contributed by atoms with van der Waals surface area (Å²) >= 11 is 0. The van der Waals surface area contributed by atoms with E-state index in [0.717, 1.165) is 0 Å². The molecule has 0 fully saturated rings. The molecule has 92 valence electrons. The molecule has 0 spiro atoms. The minimum atomic E-state index is -0.806. The fourth-order valence-corrected chi connectivity index (χ4v) is 2.30. The van der Waals surface area contributed by atoms with Crippen LogP contribution in [0.1, 0.15) is 24.7 Å². The number of carbonyl (C=O) groups is 1. The van der Waals surface area contributed by atoms with E-state index in [1.54, 1.807) is 18.3 Å². The number of fused-ring (bicyclic) bond motifs is 1. The van der Waals surface area contributed by atoms with E-state index in [-0.39, 0.29) is 5.92 Å². The Morgan fingerprint density at radius 1 is 1.39 bits per heavy atom. The number of carboxylic acids is 1. The van der Waals surface area contributed by atoms with Gasteiger partial charge in [-0.05, 0) is 25.0 Å². The summed E-state index contributed by atoms with van der Waals surface area (Å²) in [5, 5.41) is 9.23. The molecular weight excluding hydrogens is 232 g/mol. The number of carboxylic acid groups (broad SMARTS) is 1.